The van der Waals surface area contributed by atoms with Gasteiger partial charge in [0.2, 0.25) is 4.96 Å². The van der Waals surface area contributed by atoms with Gasteiger partial charge in [0.25, 0.3) is 0 Å². The summed E-state index contributed by atoms with van der Waals surface area (Å²) in [5, 5.41) is 8.69. The minimum atomic E-state index is 0.739. The van der Waals surface area contributed by atoms with Gasteiger partial charge in [0.1, 0.15) is 0 Å². The van der Waals surface area contributed by atoms with Crippen molar-refractivity contribution in [3.05, 3.63) is 47.5 Å². The number of hydrogen-bond donors (Lipinski definition) is 1. The van der Waals surface area contributed by atoms with E-state index in [1.54, 1.807) is 11.3 Å². The van der Waals surface area contributed by atoms with Crippen molar-refractivity contribution < 1.29 is 0 Å². The molecule has 0 aliphatic heterocycles. The predicted molar refractivity (Wildman–Crippen MR) is 87.7 cm³/mol. The molecule has 4 aromatic rings. The minimum Gasteiger partial charge on any atom is -0.399 e. The van der Waals surface area contributed by atoms with Crippen molar-refractivity contribution in [1.29, 1.82) is 0 Å². The first-order valence-corrected chi connectivity index (χ1v) is 7.56. The van der Waals surface area contributed by atoms with E-state index in [1.165, 1.54) is 10.3 Å². The summed E-state index contributed by atoms with van der Waals surface area (Å²) in [6.45, 7) is 4.16. The molecule has 0 bridgehead atoms. The SMILES string of the molecule is Cc1ccc2c(c1)sc1nnc(-c3cc(N)ccc3C)n12. The highest BCUT2D eigenvalue weighted by molar-refractivity contribution is 7.23. The number of fused-ring (bicyclic) bond motifs is 3. The Morgan fingerprint density at radius 1 is 1.05 bits per heavy atom. The summed E-state index contributed by atoms with van der Waals surface area (Å²) in [6, 6.07) is 12.3. The molecule has 0 spiro atoms. The standard InChI is InChI=1S/C16H14N4S/c1-9-3-6-13-14(7-9)21-16-19-18-15(20(13)16)12-8-11(17)5-4-10(12)2/h3-8H,17H2,1-2H3. The third kappa shape index (κ3) is 1.81. The summed E-state index contributed by atoms with van der Waals surface area (Å²) in [6.07, 6.45) is 0. The molecule has 0 aliphatic carbocycles. The van der Waals surface area contributed by atoms with Crippen LogP contribution in [0.2, 0.25) is 0 Å². The molecule has 0 fully saturated rings. The Hall–Kier alpha value is -2.40. The summed E-state index contributed by atoms with van der Waals surface area (Å²) in [5.41, 5.74) is 11.2. The van der Waals surface area contributed by atoms with Crippen LogP contribution in [0.1, 0.15) is 11.1 Å². The number of anilines is 1. The Labute approximate surface area is 125 Å². The first-order valence-electron chi connectivity index (χ1n) is 6.74. The number of rotatable bonds is 1. The Morgan fingerprint density at radius 3 is 2.76 bits per heavy atom. The Bertz CT molecular complexity index is 981. The van der Waals surface area contributed by atoms with E-state index in [9.17, 15) is 0 Å². The molecule has 104 valence electrons. The topological polar surface area (TPSA) is 56.2 Å². The number of benzene rings is 2. The van der Waals surface area contributed by atoms with Crippen molar-refractivity contribution in [2.24, 2.45) is 0 Å². The van der Waals surface area contributed by atoms with Crippen LogP contribution in [0.3, 0.4) is 0 Å². The highest BCUT2D eigenvalue weighted by Gasteiger charge is 2.15. The maximum Gasteiger partial charge on any atom is 0.217 e. The zero-order valence-electron chi connectivity index (χ0n) is 11.8. The van der Waals surface area contributed by atoms with Crippen LogP contribution < -0.4 is 5.73 Å². The van der Waals surface area contributed by atoms with E-state index in [-0.39, 0.29) is 0 Å². The summed E-state index contributed by atoms with van der Waals surface area (Å²) in [5.74, 6) is 0.852. The minimum absolute atomic E-state index is 0.739. The van der Waals surface area contributed by atoms with E-state index in [2.05, 4.69) is 46.6 Å². The van der Waals surface area contributed by atoms with E-state index in [0.29, 0.717) is 0 Å². The molecule has 2 aromatic carbocycles. The molecule has 4 rings (SSSR count). The lowest BCUT2D eigenvalue weighted by Gasteiger charge is -2.05. The quantitative estimate of drug-likeness (QED) is 0.543. The van der Waals surface area contributed by atoms with Gasteiger partial charge in [-0.2, -0.15) is 0 Å². The number of thiazole rings is 1. The molecular formula is C16H14N4S. The van der Waals surface area contributed by atoms with E-state index < -0.39 is 0 Å². The van der Waals surface area contributed by atoms with Crippen molar-refractivity contribution in [2.45, 2.75) is 13.8 Å². The van der Waals surface area contributed by atoms with Gasteiger partial charge in [0.15, 0.2) is 5.82 Å². The third-order valence-corrected chi connectivity index (χ3v) is 4.69. The molecule has 0 saturated heterocycles. The van der Waals surface area contributed by atoms with Crippen LogP contribution in [0.15, 0.2) is 36.4 Å². The van der Waals surface area contributed by atoms with Crippen LogP contribution >= 0.6 is 11.3 Å². The molecule has 2 aromatic heterocycles. The lowest BCUT2D eigenvalue weighted by Crippen LogP contribution is -1.93. The van der Waals surface area contributed by atoms with E-state index in [4.69, 9.17) is 5.73 Å². The van der Waals surface area contributed by atoms with Gasteiger partial charge in [-0.15, -0.1) is 10.2 Å². The zero-order chi connectivity index (χ0) is 14.6. The molecule has 0 amide bonds. The van der Waals surface area contributed by atoms with Gasteiger partial charge in [-0.25, -0.2) is 0 Å². The molecule has 0 aliphatic rings. The average Bonchev–Trinajstić information content (AvgIpc) is 2.99. The second-order valence-electron chi connectivity index (χ2n) is 5.29. The van der Waals surface area contributed by atoms with Crippen LogP contribution in [-0.2, 0) is 0 Å². The molecule has 2 heterocycles. The number of nitrogens with two attached hydrogens (primary N) is 1. The molecule has 21 heavy (non-hydrogen) atoms. The van der Waals surface area contributed by atoms with Gasteiger partial charge in [0.05, 0.1) is 10.2 Å². The van der Waals surface area contributed by atoms with E-state index >= 15 is 0 Å². The van der Waals surface area contributed by atoms with Gasteiger partial charge in [0, 0.05) is 11.3 Å². The number of aromatic nitrogens is 3. The summed E-state index contributed by atoms with van der Waals surface area (Å²) in [7, 11) is 0. The van der Waals surface area contributed by atoms with Gasteiger partial charge < -0.3 is 5.73 Å². The Kier molecular flexibility index (Phi) is 2.53. The van der Waals surface area contributed by atoms with Crippen LogP contribution in [0.4, 0.5) is 5.69 Å². The van der Waals surface area contributed by atoms with Crippen molar-refractivity contribution in [3.8, 4) is 11.4 Å². The zero-order valence-corrected chi connectivity index (χ0v) is 12.6. The second-order valence-corrected chi connectivity index (χ2v) is 6.30. The first-order chi connectivity index (χ1) is 10.1. The Morgan fingerprint density at radius 2 is 1.90 bits per heavy atom. The van der Waals surface area contributed by atoms with Gasteiger partial charge in [-0.3, -0.25) is 4.40 Å². The number of nitrogens with zero attached hydrogens (tertiary/aromatic N) is 3. The van der Waals surface area contributed by atoms with Gasteiger partial charge in [-0.05, 0) is 49.2 Å². The van der Waals surface area contributed by atoms with Crippen LogP contribution in [0, 0.1) is 13.8 Å². The fourth-order valence-corrected chi connectivity index (χ4v) is 3.66. The fraction of sp³-hybridized carbons (Fsp3) is 0.125. The highest BCUT2D eigenvalue weighted by Crippen LogP contribution is 2.32. The number of hydrogen-bond acceptors (Lipinski definition) is 4. The molecule has 0 unspecified atom stereocenters. The highest BCUT2D eigenvalue weighted by atomic mass is 32.1. The smallest absolute Gasteiger partial charge is 0.217 e. The van der Waals surface area contributed by atoms with Crippen LogP contribution in [-0.4, -0.2) is 14.6 Å². The first kappa shape index (κ1) is 12.3. The largest absolute Gasteiger partial charge is 0.399 e. The lowest BCUT2D eigenvalue weighted by atomic mass is 10.1. The summed E-state index contributed by atoms with van der Waals surface area (Å²) in [4.78, 5) is 0.910. The normalized spacial score (nSPS) is 11.5. The maximum atomic E-state index is 5.93. The van der Waals surface area contributed by atoms with Crippen molar-refractivity contribution in [2.75, 3.05) is 5.73 Å². The fourth-order valence-electron chi connectivity index (χ4n) is 2.59. The maximum absolute atomic E-state index is 5.93. The molecule has 0 atom stereocenters. The molecule has 2 N–H and O–H groups in total. The number of nitrogen functional groups attached to an aromatic ring is 1. The molecule has 0 radical (unpaired) electrons. The molecule has 5 heteroatoms. The van der Waals surface area contributed by atoms with E-state index in [1.807, 2.05) is 18.2 Å². The lowest BCUT2D eigenvalue weighted by molar-refractivity contribution is 1.11. The molecule has 4 nitrogen and oxygen atoms in total. The van der Waals surface area contributed by atoms with Gasteiger partial charge >= 0.3 is 0 Å². The monoisotopic (exact) mass is 294 g/mol. The molecule has 0 saturated carbocycles. The van der Waals surface area contributed by atoms with Crippen LogP contribution in [0.25, 0.3) is 26.6 Å². The van der Waals surface area contributed by atoms with Crippen LogP contribution in [0.5, 0.6) is 0 Å². The predicted octanol–water partition coefficient (Wildman–Crippen LogP) is 3.81. The van der Waals surface area contributed by atoms with Crippen molar-refractivity contribution in [3.63, 3.8) is 0 Å². The summed E-state index contributed by atoms with van der Waals surface area (Å²) < 4.78 is 3.34. The summed E-state index contributed by atoms with van der Waals surface area (Å²) >= 11 is 1.66. The Balaban J connectivity index is 2.09. The van der Waals surface area contributed by atoms with E-state index in [0.717, 1.165) is 33.1 Å². The second kappa shape index (κ2) is 4.30. The van der Waals surface area contributed by atoms with Crippen molar-refractivity contribution >= 4 is 32.2 Å². The van der Waals surface area contributed by atoms with Crippen molar-refractivity contribution in [1.82, 2.24) is 14.6 Å². The third-order valence-electron chi connectivity index (χ3n) is 3.69. The molecular weight excluding hydrogens is 280 g/mol. The van der Waals surface area contributed by atoms with Gasteiger partial charge in [-0.1, -0.05) is 23.5 Å². The average molecular weight is 294 g/mol. The number of aryl methyl sites for hydroxylation is 2.